The summed E-state index contributed by atoms with van der Waals surface area (Å²) in [5.41, 5.74) is 0.914. The number of carbonyl (C=O) groups excluding carboxylic acids is 1. The Kier molecular flexibility index (Phi) is 3.06. The smallest absolute Gasteiger partial charge is 0.229 e. The molecule has 0 unspecified atom stereocenters. The van der Waals surface area contributed by atoms with Gasteiger partial charge in [0, 0.05) is 17.5 Å². The van der Waals surface area contributed by atoms with E-state index in [0.717, 1.165) is 10.7 Å². The van der Waals surface area contributed by atoms with E-state index in [0.29, 0.717) is 0 Å². The molecule has 0 radical (unpaired) electrons. The molecule has 0 saturated heterocycles. The van der Waals surface area contributed by atoms with Crippen molar-refractivity contribution in [1.82, 2.24) is 0 Å². The van der Waals surface area contributed by atoms with Gasteiger partial charge in [-0.2, -0.15) is 0 Å². The van der Waals surface area contributed by atoms with Crippen LogP contribution in [0.4, 0.5) is 10.7 Å². The zero-order valence-corrected chi connectivity index (χ0v) is 10.1. The summed E-state index contributed by atoms with van der Waals surface area (Å²) in [6.45, 7) is 3.62. The SMILES string of the molecule is CC(=O)N(c1ccccc1)c1ccc(C)s1. The average molecular weight is 231 g/mol. The molecule has 0 saturated carbocycles. The van der Waals surface area contributed by atoms with Crippen molar-refractivity contribution in [3.05, 3.63) is 47.3 Å². The predicted molar refractivity (Wildman–Crippen MR) is 68.3 cm³/mol. The molecule has 0 spiro atoms. The summed E-state index contributed by atoms with van der Waals surface area (Å²) in [7, 11) is 0. The van der Waals surface area contributed by atoms with Crippen molar-refractivity contribution in [3.8, 4) is 0 Å². The molecule has 1 aromatic heterocycles. The molecule has 0 N–H and O–H groups in total. The molecule has 1 amide bonds. The number of amides is 1. The number of aryl methyl sites for hydroxylation is 1. The first-order chi connectivity index (χ1) is 7.68. The quantitative estimate of drug-likeness (QED) is 0.771. The maximum Gasteiger partial charge on any atom is 0.229 e. The lowest BCUT2D eigenvalue weighted by molar-refractivity contribution is -0.115. The molecule has 0 bridgehead atoms. The van der Waals surface area contributed by atoms with E-state index in [2.05, 4.69) is 0 Å². The minimum absolute atomic E-state index is 0.0352. The average Bonchev–Trinajstić information content (AvgIpc) is 2.66. The van der Waals surface area contributed by atoms with Gasteiger partial charge in [0.25, 0.3) is 0 Å². The van der Waals surface area contributed by atoms with Crippen LogP contribution in [-0.4, -0.2) is 5.91 Å². The second kappa shape index (κ2) is 4.49. The summed E-state index contributed by atoms with van der Waals surface area (Å²) in [6.07, 6.45) is 0. The minimum Gasteiger partial charge on any atom is -0.274 e. The lowest BCUT2D eigenvalue weighted by atomic mass is 10.3. The van der Waals surface area contributed by atoms with Crippen molar-refractivity contribution in [2.24, 2.45) is 0 Å². The van der Waals surface area contributed by atoms with Gasteiger partial charge in [0.1, 0.15) is 5.00 Å². The Bertz CT molecular complexity index is 490. The van der Waals surface area contributed by atoms with Gasteiger partial charge < -0.3 is 0 Å². The highest BCUT2D eigenvalue weighted by atomic mass is 32.1. The highest BCUT2D eigenvalue weighted by Gasteiger charge is 2.14. The van der Waals surface area contributed by atoms with E-state index in [1.54, 1.807) is 23.2 Å². The fourth-order valence-electron chi connectivity index (χ4n) is 1.58. The van der Waals surface area contributed by atoms with Crippen molar-refractivity contribution in [1.29, 1.82) is 0 Å². The van der Waals surface area contributed by atoms with Gasteiger partial charge in [-0.1, -0.05) is 18.2 Å². The topological polar surface area (TPSA) is 20.3 Å². The highest BCUT2D eigenvalue weighted by molar-refractivity contribution is 7.16. The lowest BCUT2D eigenvalue weighted by Gasteiger charge is -2.18. The second-order valence-corrected chi connectivity index (χ2v) is 4.84. The molecule has 0 aliphatic carbocycles. The van der Waals surface area contributed by atoms with Gasteiger partial charge in [-0.3, -0.25) is 9.69 Å². The van der Waals surface area contributed by atoms with E-state index in [-0.39, 0.29) is 5.91 Å². The van der Waals surface area contributed by atoms with Crippen molar-refractivity contribution in [2.45, 2.75) is 13.8 Å². The van der Waals surface area contributed by atoms with Crippen molar-refractivity contribution in [2.75, 3.05) is 4.90 Å². The Labute approximate surface area is 99.1 Å². The largest absolute Gasteiger partial charge is 0.274 e. The van der Waals surface area contributed by atoms with Crippen molar-refractivity contribution < 1.29 is 4.79 Å². The number of thiophene rings is 1. The number of benzene rings is 1. The first kappa shape index (κ1) is 10.9. The Hall–Kier alpha value is -1.61. The van der Waals surface area contributed by atoms with Crippen molar-refractivity contribution in [3.63, 3.8) is 0 Å². The number of hydrogen-bond donors (Lipinski definition) is 0. The summed E-state index contributed by atoms with van der Waals surface area (Å²) >= 11 is 1.62. The van der Waals surface area contributed by atoms with Crippen LogP contribution in [0.2, 0.25) is 0 Å². The van der Waals surface area contributed by atoms with Gasteiger partial charge in [0.15, 0.2) is 0 Å². The van der Waals surface area contributed by atoms with Crippen LogP contribution in [0.15, 0.2) is 42.5 Å². The number of rotatable bonds is 2. The van der Waals surface area contributed by atoms with Gasteiger partial charge in [0.2, 0.25) is 5.91 Å². The van der Waals surface area contributed by atoms with Gasteiger partial charge in [-0.05, 0) is 31.2 Å². The normalized spacial score (nSPS) is 10.1. The number of nitrogens with zero attached hydrogens (tertiary/aromatic N) is 1. The fraction of sp³-hybridized carbons (Fsp3) is 0.154. The maximum atomic E-state index is 11.7. The number of carbonyl (C=O) groups is 1. The molecule has 1 aromatic carbocycles. The van der Waals surface area contributed by atoms with Crippen molar-refractivity contribution >= 4 is 27.9 Å². The molecule has 0 fully saturated rings. The van der Waals surface area contributed by atoms with Gasteiger partial charge in [0.05, 0.1) is 0 Å². The van der Waals surface area contributed by atoms with E-state index in [4.69, 9.17) is 0 Å². The number of hydrogen-bond acceptors (Lipinski definition) is 2. The molecule has 1 heterocycles. The molecule has 2 aromatic rings. The molecular formula is C13H13NOS. The van der Waals surface area contributed by atoms with Crippen LogP contribution >= 0.6 is 11.3 Å². The zero-order chi connectivity index (χ0) is 11.5. The molecule has 2 nitrogen and oxygen atoms in total. The molecule has 2 rings (SSSR count). The van der Waals surface area contributed by atoms with Crippen LogP contribution in [-0.2, 0) is 4.79 Å². The van der Waals surface area contributed by atoms with E-state index < -0.39 is 0 Å². The first-order valence-corrected chi connectivity index (χ1v) is 5.92. The molecular weight excluding hydrogens is 218 g/mol. The van der Waals surface area contributed by atoms with E-state index >= 15 is 0 Å². The third kappa shape index (κ3) is 2.14. The third-order valence-electron chi connectivity index (χ3n) is 2.28. The van der Waals surface area contributed by atoms with Crippen LogP contribution in [0, 0.1) is 6.92 Å². The first-order valence-electron chi connectivity index (χ1n) is 5.10. The zero-order valence-electron chi connectivity index (χ0n) is 9.31. The molecule has 0 aliphatic heterocycles. The monoisotopic (exact) mass is 231 g/mol. The Morgan fingerprint density at radius 3 is 2.31 bits per heavy atom. The predicted octanol–water partition coefficient (Wildman–Crippen LogP) is 3.74. The van der Waals surface area contributed by atoms with Gasteiger partial charge >= 0.3 is 0 Å². The molecule has 82 valence electrons. The highest BCUT2D eigenvalue weighted by Crippen LogP contribution is 2.31. The summed E-state index contributed by atoms with van der Waals surface area (Å²) in [6, 6.07) is 13.7. The fourth-order valence-corrected chi connectivity index (χ4v) is 2.51. The van der Waals surface area contributed by atoms with Crippen LogP contribution in [0.1, 0.15) is 11.8 Å². The number of para-hydroxylation sites is 1. The van der Waals surface area contributed by atoms with Crippen LogP contribution in [0.5, 0.6) is 0 Å². The van der Waals surface area contributed by atoms with E-state index in [9.17, 15) is 4.79 Å². The Balaban J connectivity index is 2.43. The van der Waals surface area contributed by atoms with Crippen LogP contribution in [0.3, 0.4) is 0 Å². The van der Waals surface area contributed by atoms with Crippen LogP contribution < -0.4 is 4.90 Å². The second-order valence-electron chi connectivity index (χ2n) is 3.57. The summed E-state index contributed by atoms with van der Waals surface area (Å²) in [5, 5.41) is 0.969. The Morgan fingerprint density at radius 2 is 1.81 bits per heavy atom. The number of anilines is 2. The third-order valence-corrected chi connectivity index (χ3v) is 3.26. The van der Waals surface area contributed by atoms with Gasteiger partial charge in [-0.15, -0.1) is 11.3 Å². The van der Waals surface area contributed by atoms with Gasteiger partial charge in [-0.25, -0.2) is 0 Å². The maximum absolute atomic E-state index is 11.7. The van der Waals surface area contributed by atoms with E-state index in [1.807, 2.05) is 49.4 Å². The minimum atomic E-state index is 0.0352. The molecule has 16 heavy (non-hydrogen) atoms. The summed E-state index contributed by atoms with van der Waals surface area (Å²) < 4.78 is 0. The van der Waals surface area contributed by atoms with E-state index in [1.165, 1.54) is 4.88 Å². The standard InChI is InChI=1S/C13H13NOS/c1-10-8-9-13(16-10)14(11(2)15)12-6-4-3-5-7-12/h3-9H,1-2H3. The Morgan fingerprint density at radius 1 is 1.12 bits per heavy atom. The molecule has 0 atom stereocenters. The van der Waals surface area contributed by atoms with Crippen LogP contribution in [0.25, 0.3) is 0 Å². The summed E-state index contributed by atoms with van der Waals surface area (Å²) in [5.74, 6) is 0.0352. The molecule has 0 aliphatic rings. The summed E-state index contributed by atoms with van der Waals surface area (Å²) in [4.78, 5) is 14.6. The molecule has 3 heteroatoms. The lowest BCUT2D eigenvalue weighted by Crippen LogP contribution is -2.21.